The maximum Gasteiger partial charge on any atom is 0.344 e. The molecule has 0 unspecified atom stereocenters. The van der Waals surface area contributed by atoms with E-state index in [-0.39, 0.29) is 21.5 Å². The van der Waals surface area contributed by atoms with Crippen molar-refractivity contribution in [2.24, 2.45) is 0 Å². The topological polar surface area (TPSA) is 121 Å². The Morgan fingerprint density at radius 1 is 1.07 bits per heavy atom. The van der Waals surface area contributed by atoms with E-state index >= 15 is 0 Å². The van der Waals surface area contributed by atoms with Crippen LogP contribution in [0.3, 0.4) is 0 Å². The molecule has 0 atom stereocenters. The van der Waals surface area contributed by atoms with Crippen molar-refractivity contribution in [1.82, 2.24) is 29.9 Å². The van der Waals surface area contributed by atoms with Crippen molar-refractivity contribution in [3.63, 3.8) is 0 Å². The zero-order chi connectivity index (χ0) is 30.0. The molecule has 3 heterocycles. The van der Waals surface area contributed by atoms with Crippen LogP contribution in [0.2, 0.25) is 5.02 Å². The number of nitrogens with one attached hydrogen (secondary N) is 1. The number of carbonyl (C=O) groups is 2. The van der Waals surface area contributed by atoms with Crippen molar-refractivity contribution in [2.75, 3.05) is 49.8 Å². The molecule has 0 saturated carbocycles. The lowest BCUT2D eigenvalue weighted by molar-refractivity contribution is 0.0966. The highest BCUT2D eigenvalue weighted by Crippen LogP contribution is 2.31. The Bertz CT molecular complexity index is 1700. The van der Waals surface area contributed by atoms with Gasteiger partial charge in [0.2, 0.25) is 15.2 Å². The Labute approximate surface area is 253 Å². The molecule has 1 saturated heterocycles. The van der Waals surface area contributed by atoms with Crippen LogP contribution in [0, 0.1) is 13.8 Å². The second kappa shape index (κ2) is 12.5. The largest absolute Gasteiger partial charge is 0.344 e. The van der Waals surface area contributed by atoms with E-state index in [4.69, 9.17) is 11.6 Å². The van der Waals surface area contributed by atoms with Gasteiger partial charge in [0.1, 0.15) is 0 Å². The van der Waals surface area contributed by atoms with Gasteiger partial charge in [0, 0.05) is 31.9 Å². The third kappa shape index (κ3) is 6.65. The Balaban J connectivity index is 1.39. The van der Waals surface area contributed by atoms with Gasteiger partial charge in [0.25, 0.3) is 5.91 Å². The Morgan fingerprint density at radius 3 is 2.50 bits per heavy atom. The molecular weight excluding hydrogens is 598 g/mol. The van der Waals surface area contributed by atoms with E-state index < -0.39 is 22.0 Å². The summed E-state index contributed by atoms with van der Waals surface area (Å²) in [6.45, 7) is 7.85. The Hall–Kier alpha value is -3.36. The zero-order valence-corrected chi connectivity index (χ0v) is 26.0. The molecule has 2 aromatic heterocycles. The summed E-state index contributed by atoms with van der Waals surface area (Å²) < 4.78 is 30.3. The molecule has 4 aromatic rings. The standard InChI is InChI=1S/C28H32ClN7O4S2/c1-19-17-20(2)35(32-19)21-9-10-23(29)22(18-21)26(37)31-27(38)36(28-30-24-7-4-5-8-25(24)41-28)42(39,40)16-6-11-34-14-12-33(3)13-15-34/h4-5,7-10,17-18H,6,11-16H2,1-3H3,(H,31,37,38). The number of hydrogen-bond acceptors (Lipinski definition) is 9. The Morgan fingerprint density at radius 2 is 1.81 bits per heavy atom. The highest BCUT2D eigenvalue weighted by atomic mass is 35.5. The Kier molecular flexibility index (Phi) is 8.94. The molecule has 0 spiro atoms. The second-order valence-corrected chi connectivity index (χ2v) is 13.7. The summed E-state index contributed by atoms with van der Waals surface area (Å²) in [6.07, 6.45) is 0.325. The van der Waals surface area contributed by atoms with Gasteiger partial charge in [-0.15, -0.1) is 0 Å². The van der Waals surface area contributed by atoms with Crippen LogP contribution in [0.5, 0.6) is 0 Å². The fourth-order valence-corrected chi connectivity index (χ4v) is 7.62. The number of aromatic nitrogens is 3. The number of carbonyl (C=O) groups excluding carboxylic acids is 2. The van der Waals surface area contributed by atoms with Gasteiger partial charge in [-0.2, -0.15) is 9.40 Å². The van der Waals surface area contributed by atoms with Crippen LogP contribution < -0.4 is 9.62 Å². The molecule has 2 aromatic carbocycles. The molecule has 5 rings (SSSR count). The van der Waals surface area contributed by atoms with Crippen molar-refractivity contribution in [3.05, 3.63) is 70.5 Å². The predicted molar refractivity (Wildman–Crippen MR) is 165 cm³/mol. The summed E-state index contributed by atoms with van der Waals surface area (Å²) in [7, 11) is -2.14. The first-order chi connectivity index (χ1) is 20.0. The third-order valence-electron chi connectivity index (χ3n) is 7.06. The number of anilines is 1. The fraction of sp³-hybridized carbons (Fsp3) is 0.357. The van der Waals surface area contributed by atoms with Crippen molar-refractivity contribution in [1.29, 1.82) is 0 Å². The number of rotatable bonds is 8. The quantitative estimate of drug-likeness (QED) is 0.310. The minimum absolute atomic E-state index is 0.00628. The van der Waals surface area contributed by atoms with Crippen LogP contribution in [-0.2, 0) is 10.0 Å². The van der Waals surface area contributed by atoms with Gasteiger partial charge >= 0.3 is 6.03 Å². The lowest BCUT2D eigenvalue weighted by Gasteiger charge is -2.32. The molecule has 11 nitrogen and oxygen atoms in total. The highest BCUT2D eigenvalue weighted by Gasteiger charge is 2.33. The summed E-state index contributed by atoms with van der Waals surface area (Å²) in [6, 6.07) is 12.6. The van der Waals surface area contributed by atoms with Crippen LogP contribution in [-0.4, -0.2) is 90.4 Å². The van der Waals surface area contributed by atoms with Gasteiger partial charge in [-0.3, -0.25) is 10.1 Å². The number of benzene rings is 2. The van der Waals surface area contributed by atoms with Crippen LogP contribution >= 0.6 is 22.9 Å². The maximum absolute atomic E-state index is 13.7. The number of amides is 3. The van der Waals surface area contributed by atoms with Gasteiger partial charge in [-0.05, 0) is 70.3 Å². The van der Waals surface area contributed by atoms with Gasteiger partial charge in [-0.1, -0.05) is 35.1 Å². The number of imide groups is 1. The number of thiazole rings is 1. The lowest BCUT2D eigenvalue weighted by atomic mass is 10.2. The number of fused-ring (bicyclic) bond motifs is 1. The summed E-state index contributed by atoms with van der Waals surface area (Å²) in [5.74, 6) is -1.13. The molecule has 1 aliphatic rings. The molecule has 42 heavy (non-hydrogen) atoms. The minimum Gasteiger partial charge on any atom is -0.304 e. The molecule has 222 valence electrons. The number of piperazine rings is 1. The molecule has 3 amide bonds. The first-order valence-electron chi connectivity index (χ1n) is 13.5. The summed E-state index contributed by atoms with van der Waals surface area (Å²) in [5.41, 5.74) is 2.78. The maximum atomic E-state index is 13.7. The summed E-state index contributed by atoms with van der Waals surface area (Å²) >= 11 is 7.41. The molecule has 1 N–H and O–H groups in total. The van der Waals surface area contributed by atoms with E-state index in [0.29, 0.717) is 33.2 Å². The van der Waals surface area contributed by atoms with Gasteiger partial charge in [0.05, 0.1) is 37.9 Å². The zero-order valence-electron chi connectivity index (χ0n) is 23.6. The lowest BCUT2D eigenvalue weighted by Crippen LogP contribution is -2.48. The van der Waals surface area contributed by atoms with E-state index in [1.165, 1.54) is 12.1 Å². The van der Waals surface area contributed by atoms with Crippen molar-refractivity contribution in [3.8, 4) is 5.69 Å². The number of aryl methyl sites for hydroxylation is 2. The third-order valence-corrected chi connectivity index (χ3v) is 10.2. The SMILES string of the molecule is Cc1cc(C)n(-c2ccc(Cl)c(C(=O)NC(=O)N(c3nc4ccccc4s3)S(=O)(=O)CCCN3CCN(C)CC3)c2)n1. The number of urea groups is 1. The van der Waals surface area contributed by atoms with Crippen LogP contribution in [0.1, 0.15) is 28.2 Å². The van der Waals surface area contributed by atoms with E-state index in [9.17, 15) is 18.0 Å². The second-order valence-electron chi connectivity index (χ2n) is 10.3. The van der Waals surface area contributed by atoms with Crippen LogP contribution in [0.4, 0.5) is 9.93 Å². The van der Waals surface area contributed by atoms with E-state index in [0.717, 1.165) is 48.9 Å². The van der Waals surface area contributed by atoms with Gasteiger partial charge in [-0.25, -0.2) is 22.9 Å². The fourth-order valence-electron chi connectivity index (χ4n) is 4.84. The molecule has 1 aliphatic heterocycles. The first kappa shape index (κ1) is 30.1. The number of nitrogens with zero attached hydrogens (tertiary/aromatic N) is 6. The molecule has 14 heteroatoms. The normalized spacial score (nSPS) is 14.8. The molecule has 1 fully saturated rings. The van der Waals surface area contributed by atoms with Crippen molar-refractivity contribution in [2.45, 2.75) is 20.3 Å². The molecule has 0 radical (unpaired) electrons. The summed E-state index contributed by atoms with van der Waals surface area (Å²) in [4.78, 5) is 35.8. The van der Waals surface area contributed by atoms with Gasteiger partial charge < -0.3 is 9.80 Å². The van der Waals surface area contributed by atoms with E-state index in [1.54, 1.807) is 35.0 Å². The number of sulfonamides is 1. The molecule has 0 bridgehead atoms. The average Bonchev–Trinajstić information content (AvgIpc) is 3.51. The minimum atomic E-state index is -4.19. The highest BCUT2D eigenvalue weighted by molar-refractivity contribution is 7.93. The van der Waals surface area contributed by atoms with Gasteiger partial charge in [0.15, 0.2) is 0 Å². The average molecular weight is 630 g/mol. The number of para-hydroxylation sites is 1. The van der Waals surface area contributed by atoms with Crippen LogP contribution in [0.25, 0.3) is 15.9 Å². The molecule has 0 aliphatic carbocycles. The number of hydrogen-bond donors (Lipinski definition) is 1. The summed E-state index contributed by atoms with van der Waals surface area (Å²) in [5, 5.41) is 6.73. The monoisotopic (exact) mass is 629 g/mol. The van der Waals surface area contributed by atoms with Crippen molar-refractivity contribution < 1.29 is 18.0 Å². The number of likely N-dealkylation sites (N-methyl/N-ethyl adjacent to an activating group) is 1. The number of halogens is 1. The van der Waals surface area contributed by atoms with E-state index in [1.807, 2.05) is 19.9 Å². The van der Waals surface area contributed by atoms with Crippen molar-refractivity contribution >= 4 is 60.2 Å². The molecular formula is C28H32ClN7O4S2. The smallest absolute Gasteiger partial charge is 0.304 e. The first-order valence-corrected chi connectivity index (χ1v) is 16.3. The predicted octanol–water partition coefficient (Wildman–Crippen LogP) is 4.08. The van der Waals surface area contributed by atoms with Crippen LogP contribution in [0.15, 0.2) is 48.5 Å². The van der Waals surface area contributed by atoms with E-state index in [2.05, 4.69) is 32.2 Å².